The average molecular weight is 267 g/mol. The van der Waals surface area contributed by atoms with Crippen LogP contribution in [0.15, 0.2) is 0 Å². The minimum absolute atomic E-state index is 0.965. The molecule has 0 aromatic heterocycles. The zero-order chi connectivity index (χ0) is 11.1. The second kappa shape index (κ2) is 7.19. The van der Waals surface area contributed by atoms with E-state index in [1.165, 1.54) is 0 Å². The summed E-state index contributed by atoms with van der Waals surface area (Å²) in [4.78, 5) is 23.6. The van der Waals surface area contributed by atoms with Crippen molar-refractivity contribution in [3.63, 3.8) is 0 Å². The van der Waals surface area contributed by atoms with E-state index >= 15 is 0 Å². The van der Waals surface area contributed by atoms with E-state index in [1.807, 2.05) is 13.8 Å². The molecule has 13 heavy (non-hydrogen) atoms. The van der Waals surface area contributed by atoms with Gasteiger partial charge in [0.25, 0.3) is 6.69 Å². The quantitative estimate of drug-likeness (QED) is 0.527. The van der Waals surface area contributed by atoms with Crippen molar-refractivity contribution in [2.75, 3.05) is 7.11 Å². The number of hydrogen-bond donors (Lipinski definition) is 3. The highest BCUT2D eigenvalue weighted by molar-refractivity contribution is 7.45. The molecule has 0 atom stereocenters. The molecule has 0 saturated heterocycles. The fraction of sp³-hybridized carbons (Fsp3) is 1.00. The van der Waals surface area contributed by atoms with Crippen LogP contribution in [0, 0.1) is 0 Å². The van der Waals surface area contributed by atoms with E-state index in [2.05, 4.69) is 4.43 Å². The summed E-state index contributed by atoms with van der Waals surface area (Å²) in [5.41, 5.74) is 0. The first kappa shape index (κ1) is 16.3. The first-order chi connectivity index (χ1) is 5.68. The maximum absolute atomic E-state index is 7.85. The van der Waals surface area contributed by atoms with Crippen LogP contribution in [-0.4, -0.2) is 37.2 Å². The summed E-state index contributed by atoms with van der Waals surface area (Å²) < 4.78 is 3.74. The minimum atomic E-state index is -4.13. The summed E-state index contributed by atoms with van der Waals surface area (Å²) in [5.74, 6) is 0. The van der Waals surface area contributed by atoms with E-state index in [0.29, 0.717) is 0 Å². The molecule has 0 aliphatic heterocycles. The Morgan fingerprint density at radius 2 is 1.31 bits per heavy atom. The zero-order valence-corrected chi connectivity index (χ0v) is 11.4. The van der Waals surface area contributed by atoms with E-state index in [4.69, 9.17) is 36.5 Å². The Hall–Kier alpha value is 0.854. The highest BCUT2D eigenvalue weighted by Gasteiger charge is 2.27. The smallest absolute Gasteiger partial charge is 0.368 e. The number of hydrogen-bond acceptors (Lipinski definition) is 4. The monoisotopic (exact) mass is 266 g/mol. The van der Waals surface area contributed by atoms with Crippen LogP contribution in [-0.2, 0) is 4.43 Å². The second-order valence-corrected chi connectivity index (χ2v) is 11.9. The van der Waals surface area contributed by atoms with Gasteiger partial charge in [0.15, 0.2) is 0 Å². The van der Waals surface area contributed by atoms with Gasteiger partial charge in [-0.05, 0) is 12.1 Å². The third-order valence-electron chi connectivity index (χ3n) is 1.31. The van der Waals surface area contributed by atoms with Crippen molar-refractivity contribution in [2.24, 2.45) is 0 Å². The number of halogens is 2. The highest BCUT2D eigenvalue weighted by atomic mass is 35.7. The largest absolute Gasteiger partial charge is 0.671 e. The molecule has 0 spiro atoms. The van der Waals surface area contributed by atoms with Crippen molar-refractivity contribution in [1.29, 1.82) is 0 Å². The molecule has 0 aliphatic rings. The van der Waals surface area contributed by atoms with Crippen LogP contribution in [0.25, 0.3) is 0 Å². The van der Waals surface area contributed by atoms with Gasteiger partial charge in [-0.2, -0.15) is 0 Å². The maximum atomic E-state index is 7.85. The lowest BCUT2D eigenvalue weighted by Gasteiger charge is -2.08. The normalized spacial score (nSPS) is 12.0. The predicted molar refractivity (Wildman–Crippen MR) is 57.8 cm³/mol. The Kier molecular flexibility index (Phi) is 9.00. The molecule has 8 heteroatoms. The van der Waals surface area contributed by atoms with Gasteiger partial charge in [-0.25, -0.2) is 0 Å². The molecular formula is C5H16Cl2O4Si2. The summed E-state index contributed by atoms with van der Waals surface area (Å²) in [6.07, 6.45) is 0. The molecule has 0 aromatic rings. The van der Waals surface area contributed by atoms with Crippen LogP contribution >= 0.6 is 22.2 Å². The van der Waals surface area contributed by atoms with Crippen molar-refractivity contribution in [3.05, 3.63) is 0 Å². The van der Waals surface area contributed by atoms with Crippen LogP contribution in [0.3, 0.4) is 0 Å². The van der Waals surface area contributed by atoms with Gasteiger partial charge in [0, 0.05) is 7.11 Å². The average Bonchev–Trinajstić information content (AvgIpc) is 2.04. The van der Waals surface area contributed by atoms with E-state index in [0.717, 1.165) is 19.2 Å². The van der Waals surface area contributed by atoms with Crippen molar-refractivity contribution in [3.8, 4) is 0 Å². The third-order valence-corrected chi connectivity index (χ3v) is 7.13. The lowest BCUT2D eigenvalue weighted by atomic mass is 11.0. The molecule has 0 unspecified atom stereocenters. The Morgan fingerprint density at radius 3 is 1.31 bits per heavy atom. The molecule has 0 bridgehead atoms. The minimum Gasteiger partial charge on any atom is -0.368 e. The van der Waals surface area contributed by atoms with Crippen LogP contribution in [0.5, 0.6) is 0 Å². The SMILES string of the molecule is CC[Si](Cl)(Cl)CC.CO[Si](O)(O)O. The molecule has 0 rings (SSSR count). The predicted octanol–water partition coefficient (Wildman–Crippen LogP) is 0.991. The second-order valence-electron chi connectivity index (χ2n) is 2.34. The van der Waals surface area contributed by atoms with Gasteiger partial charge in [-0.1, -0.05) is 13.8 Å². The molecule has 4 nitrogen and oxygen atoms in total. The van der Waals surface area contributed by atoms with Crippen LogP contribution in [0.2, 0.25) is 12.1 Å². The summed E-state index contributed by atoms with van der Waals surface area (Å²) >= 11 is 11.6. The van der Waals surface area contributed by atoms with Gasteiger partial charge in [0.1, 0.15) is 0 Å². The van der Waals surface area contributed by atoms with Crippen molar-refractivity contribution >= 4 is 37.9 Å². The topological polar surface area (TPSA) is 69.9 Å². The van der Waals surface area contributed by atoms with Gasteiger partial charge >= 0.3 is 9.05 Å². The van der Waals surface area contributed by atoms with E-state index in [-0.39, 0.29) is 0 Å². The summed E-state index contributed by atoms with van der Waals surface area (Å²) in [5, 5.41) is 0. The van der Waals surface area contributed by atoms with Crippen molar-refractivity contribution < 1.29 is 18.8 Å². The van der Waals surface area contributed by atoms with Crippen LogP contribution in [0.1, 0.15) is 13.8 Å². The molecule has 0 radical (unpaired) electrons. The van der Waals surface area contributed by atoms with Gasteiger partial charge in [-0.15, -0.1) is 22.2 Å². The Balaban J connectivity index is 0. The lowest BCUT2D eigenvalue weighted by molar-refractivity contribution is 0.0881. The van der Waals surface area contributed by atoms with Gasteiger partial charge in [0.05, 0.1) is 0 Å². The fourth-order valence-corrected chi connectivity index (χ4v) is 0.750. The maximum Gasteiger partial charge on any atom is 0.671 e. The van der Waals surface area contributed by atoms with E-state index in [1.54, 1.807) is 0 Å². The van der Waals surface area contributed by atoms with E-state index < -0.39 is 15.7 Å². The molecular weight excluding hydrogens is 251 g/mol. The van der Waals surface area contributed by atoms with Crippen LogP contribution < -0.4 is 0 Å². The zero-order valence-electron chi connectivity index (χ0n) is 7.92. The molecule has 0 aliphatic carbocycles. The Labute approximate surface area is 90.0 Å². The molecule has 82 valence electrons. The van der Waals surface area contributed by atoms with E-state index in [9.17, 15) is 0 Å². The summed E-state index contributed by atoms with van der Waals surface area (Å²) in [7, 11) is -3.11. The first-order valence-electron chi connectivity index (χ1n) is 3.78. The number of rotatable bonds is 3. The third kappa shape index (κ3) is 15.6. The molecule has 0 saturated carbocycles. The summed E-state index contributed by atoms with van der Waals surface area (Å²) in [6, 6.07) is 1.93. The fourth-order valence-electron chi connectivity index (χ4n) is 0.250. The van der Waals surface area contributed by atoms with Crippen molar-refractivity contribution in [1.82, 2.24) is 0 Å². The van der Waals surface area contributed by atoms with Crippen molar-refractivity contribution in [2.45, 2.75) is 25.9 Å². The molecule has 0 heterocycles. The molecule has 0 amide bonds. The Morgan fingerprint density at radius 1 is 1.08 bits per heavy atom. The molecule has 0 aromatic carbocycles. The molecule has 0 fully saturated rings. The first-order valence-corrected chi connectivity index (χ1v) is 9.97. The van der Waals surface area contributed by atoms with Gasteiger partial charge in [-0.3, -0.25) is 0 Å². The van der Waals surface area contributed by atoms with Gasteiger partial charge in [0.2, 0.25) is 0 Å². The Bertz CT molecular complexity index is 122. The van der Waals surface area contributed by atoms with Gasteiger partial charge < -0.3 is 18.8 Å². The highest BCUT2D eigenvalue weighted by Crippen LogP contribution is 2.23. The molecule has 3 N–H and O–H groups in total. The lowest BCUT2D eigenvalue weighted by Crippen LogP contribution is -2.37. The summed E-state index contributed by atoms with van der Waals surface area (Å²) in [6.45, 7) is 2.37. The standard InChI is InChI=1S/C4H10Cl2Si.CH6O4Si/c1-3-7(5,6)4-2;1-5-6(2,3)4/h3-4H2,1-2H3;2-4H,1H3. The van der Waals surface area contributed by atoms with Crippen LogP contribution in [0.4, 0.5) is 0 Å².